The van der Waals surface area contributed by atoms with E-state index in [2.05, 4.69) is 25.0 Å². The third kappa shape index (κ3) is 3.17. The minimum absolute atomic E-state index is 0.583. The zero-order chi connectivity index (χ0) is 12.3. The van der Waals surface area contributed by atoms with Crippen molar-refractivity contribution in [2.75, 3.05) is 38.6 Å². The predicted octanol–water partition coefficient (Wildman–Crippen LogP) is 0.0414. The molecular weight excluding hydrogens is 216 g/mol. The van der Waals surface area contributed by atoms with Crippen LogP contribution in [0.25, 0.3) is 0 Å². The van der Waals surface area contributed by atoms with Crippen LogP contribution in [-0.4, -0.2) is 53.8 Å². The topological polar surface area (TPSA) is 74.1 Å². The molecule has 1 unspecified atom stereocenters. The van der Waals surface area contributed by atoms with Crippen LogP contribution < -0.4 is 10.6 Å². The van der Waals surface area contributed by atoms with Crippen LogP contribution in [0.5, 0.6) is 0 Å². The quantitative estimate of drug-likeness (QED) is 0.775. The second kappa shape index (κ2) is 5.46. The van der Waals surface area contributed by atoms with E-state index < -0.39 is 0 Å². The van der Waals surface area contributed by atoms with E-state index in [0.717, 1.165) is 38.0 Å². The van der Waals surface area contributed by atoms with Gasteiger partial charge in [-0.15, -0.1) is 5.10 Å². The standard InChI is InChI=1S/C11H22N6/c1-16(2)8-10-13-11(15-14-10)17-5-3-4-9(6-12)7-17/h9H,3-8,12H2,1-2H3,(H,13,14,15). The predicted molar refractivity (Wildman–Crippen MR) is 67.8 cm³/mol. The average Bonchev–Trinajstić information content (AvgIpc) is 2.77. The molecule has 0 aliphatic carbocycles. The van der Waals surface area contributed by atoms with Gasteiger partial charge in [0, 0.05) is 13.1 Å². The summed E-state index contributed by atoms with van der Waals surface area (Å²) in [5.41, 5.74) is 5.73. The molecule has 0 aromatic carbocycles. The zero-order valence-electron chi connectivity index (χ0n) is 10.7. The van der Waals surface area contributed by atoms with E-state index in [0.29, 0.717) is 5.92 Å². The van der Waals surface area contributed by atoms with Crippen LogP contribution in [-0.2, 0) is 6.54 Å². The van der Waals surface area contributed by atoms with Crippen LogP contribution in [0.3, 0.4) is 0 Å². The first-order chi connectivity index (χ1) is 8.19. The number of hydrogen-bond donors (Lipinski definition) is 2. The monoisotopic (exact) mass is 238 g/mol. The van der Waals surface area contributed by atoms with E-state index in [1.54, 1.807) is 0 Å². The van der Waals surface area contributed by atoms with Crippen molar-refractivity contribution in [3.63, 3.8) is 0 Å². The summed E-state index contributed by atoms with van der Waals surface area (Å²) < 4.78 is 0. The maximum Gasteiger partial charge on any atom is 0.244 e. The molecule has 3 N–H and O–H groups in total. The Balaban J connectivity index is 1.99. The molecule has 1 aliphatic rings. The summed E-state index contributed by atoms with van der Waals surface area (Å²) in [4.78, 5) is 8.83. The molecule has 17 heavy (non-hydrogen) atoms. The van der Waals surface area contributed by atoms with Crippen LogP contribution in [0.1, 0.15) is 18.7 Å². The van der Waals surface area contributed by atoms with E-state index in [1.807, 2.05) is 14.1 Å². The number of nitrogens with two attached hydrogens (primary N) is 1. The molecule has 6 heteroatoms. The SMILES string of the molecule is CN(C)Cc1nc(N2CCCC(CN)C2)n[nH]1. The highest BCUT2D eigenvalue weighted by Crippen LogP contribution is 2.19. The van der Waals surface area contributed by atoms with Crippen molar-refractivity contribution in [1.82, 2.24) is 20.1 Å². The van der Waals surface area contributed by atoms with Gasteiger partial charge in [0.2, 0.25) is 5.95 Å². The van der Waals surface area contributed by atoms with Crippen LogP contribution >= 0.6 is 0 Å². The van der Waals surface area contributed by atoms with E-state index in [4.69, 9.17) is 5.73 Å². The fourth-order valence-electron chi connectivity index (χ4n) is 2.24. The summed E-state index contributed by atoms with van der Waals surface area (Å²) in [5.74, 6) is 2.32. The molecule has 0 amide bonds. The Labute approximate surface area is 102 Å². The molecule has 1 atom stereocenters. The second-order valence-electron chi connectivity index (χ2n) is 5.01. The molecular formula is C11H22N6. The third-order valence-corrected chi connectivity index (χ3v) is 3.12. The summed E-state index contributed by atoms with van der Waals surface area (Å²) in [7, 11) is 4.04. The third-order valence-electron chi connectivity index (χ3n) is 3.12. The minimum Gasteiger partial charge on any atom is -0.339 e. The molecule has 0 radical (unpaired) electrons. The van der Waals surface area contributed by atoms with Crippen molar-refractivity contribution in [2.24, 2.45) is 11.7 Å². The summed E-state index contributed by atoms with van der Waals surface area (Å²) in [6.07, 6.45) is 2.40. The molecule has 6 nitrogen and oxygen atoms in total. The molecule has 1 aromatic rings. The number of rotatable bonds is 4. The normalized spacial score (nSPS) is 21.2. The molecule has 1 fully saturated rings. The van der Waals surface area contributed by atoms with E-state index in [9.17, 15) is 0 Å². The van der Waals surface area contributed by atoms with Crippen molar-refractivity contribution in [2.45, 2.75) is 19.4 Å². The Morgan fingerprint density at radius 1 is 1.53 bits per heavy atom. The first-order valence-electron chi connectivity index (χ1n) is 6.20. The average molecular weight is 238 g/mol. The largest absolute Gasteiger partial charge is 0.339 e. The van der Waals surface area contributed by atoms with Crippen molar-refractivity contribution in [3.05, 3.63) is 5.82 Å². The Bertz CT molecular complexity index is 347. The van der Waals surface area contributed by atoms with Gasteiger partial charge >= 0.3 is 0 Å². The van der Waals surface area contributed by atoms with Gasteiger partial charge in [0.15, 0.2) is 0 Å². The second-order valence-corrected chi connectivity index (χ2v) is 5.01. The molecule has 96 valence electrons. The van der Waals surface area contributed by atoms with Crippen molar-refractivity contribution >= 4 is 5.95 Å². The molecule has 0 spiro atoms. The van der Waals surface area contributed by atoms with Gasteiger partial charge in [0.05, 0.1) is 6.54 Å². The van der Waals surface area contributed by atoms with Crippen LogP contribution in [0, 0.1) is 5.92 Å². The van der Waals surface area contributed by atoms with E-state index >= 15 is 0 Å². The maximum absolute atomic E-state index is 5.73. The van der Waals surface area contributed by atoms with Crippen molar-refractivity contribution < 1.29 is 0 Å². The number of hydrogen-bond acceptors (Lipinski definition) is 5. The van der Waals surface area contributed by atoms with Gasteiger partial charge in [-0.1, -0.05) is 0 Å². The first kappa shape index (κ1) is 12.3. The Hall–Kier alpha value is -1.14. The van der Waals surface area contributed by atoms with Crippen LogP contribution in [0.2, 0.25) is 0 Å². The number of anilines is 1. The highest BCUT2D eigenvalue weighted by atomic mass is 15.4. The lowest BCUT2D eigenvalue weighted by atomic mass is 9.99. The molecule has 2 rings (SSSR count). The Kier molecular flexibility index (Phi) is 3.96. The molecule has 0 bridgehead atoms. The number of H-pyrrole nitrogens is 1. The number of aromatic nitrogens is 3. The fourth-order valence-corrected chi connectivity index (χ4v) is 2.24. The molecule has 1 aliphatic heterocycles. The van der Waals surface area contributed by atoms with Gasteiger partial charge in [0.1, 0.15) is 5.82 Å². The van der Waals surface area contributed by atoms with Crippen LogP contribution in [0.4, 0.5) is 5.95 Å². The Morgan fingerprint density at radius 2 is 2.35 bits per heavy atom. The lowest BCUT2D eigenvalue weighted by molar-refractivity contribution is 0.390. The Morgan fingerprint density at radius 3 is 3.06 bits per heavy atom. The first-order valence-corrected chi connectivity index (χ1v) is 6.20. The summed E-state index contributed by atoms with van der Waals surface area (Å²) in [6.45, 7) is 3.57. The summed E-state index contributed by atoms with van der Waals surface area (Å²) in [6, 6.07) is 0. The van der Waals surface area contributed by atoms with Gasteiger partial charge in [-0.2, -0.15) is 4.98 Å². The molecule has 0 saturated carbocycles. The molecule has 1 aromatic heterocycles. The lowest BCUT2D eigenvalue weighted by Crippen LogP contribution is -2.39. The maximum atomic E-state index is 5.73. The number of aromatic amines is 1. The van der Waals surface area contributed by atoms with Gasteiger partial charge < -0.3 is 15.5 Å². The summed E-state index contributed by atoms with van der Waals surface area (Å²) in [5, 5.41) is 7.28. The smallest absolute Gasteiger partial charge is 0.244 e. The zero-order valence-corrected chi connectivity index (χ0v) is 10.7. The van der Waals surface area contributed by atoms with E-state index in [-0.39, 0.29) is 0 Å². The number of nitrogens with one attached hydrogen (secondary N) is 1. The lowest BCUT2D eigenvalue weighted by Gasteiger charge is -2.31. The van der Waals surface area contributed by atoms with Crippen LogP contribution in [0.15, 0.2) is 0 Å². The molecule has 2 heterocycles. The van der Waals surface area contributed by atoms with E-state index in [1.165, 1.54) is 12.8 Å². The van der Waals surface area contributed by atoms with Gasteiger partial charge in [-0.3, -0.25) is 5.10 Å². The highest BCUT2D eigenvalue weighted by Gasteiger charge is 2.21. The fraction of sp³-hybridized carbons (Fsp3) is 0.818. The number of piperidine rings is 1. The highest BCUT2D eigenvalue weighted by molar-refractivity contribution is 5.29. The van der Waals surface area contributed by atoms with Gasteiger partial charge in [-0.05, 0) is 39.4 Å². The van der Waals surface area contributed by atoms with Crippen molar-refractivity contribution in [1.29, 1.82) is 0 Å². The molecule has 1 saturated heterocycles. The summed E-state index contributed by atoms with van der Waals surface area (Å²) >= 11 is 0. The van der Waals surface area contributed by atoms with Gasteiger partial charge in [0.25, 0.3) is 0 Å². The van der Waals surface area contributed by atoms with Gasteiger partial charge in [-0.25, -0.2) is 0 Å². The number of nitrogens with zero attached hydrogens (tertiary/aromatic N) is 4. The minimum atomic E-state index is 0.583. The van der Waals surface area contributed by atoms with Crippen molar-refractivity contribution in [3.8, 4) is 0 Å².